The van der Waals surface area contributed by atoms with Gasteiger partial charge in [-0.25, -0.2) is 0 Å². The number of alkyl halides is 1. The fourth-order valence-electron chi connectivity index (χ4n) is 1.18. The number of halogens is 1. The second-order valence-corrected chi connectivity index (χ2v) is 4.08. The molecule has 0 aromatic carbocycles. The van der Waals surface area contributed by atoms with Crippen LogP contribution in [0.2, 0.25) is 0 Å². The van der Waals surface area contributed by atoms with E-state index in [0.29, 0.717) is 5.41 Å². The quantitative estimate of drug-likeness (QED) is 0.679. The van der Waals surface area contributed by atoms with Crippen LogP contribution in [0.5, 0.6) is 0 Å². The van der Waals surface area contributed by atoms with Crippen LogP contribution in [0.4, 0.5) is 0 Å². The zero-order valence-electron chi connectivity index (χ0n) is 6.09. The van der Waals surface area contributed by atoms with Gasteiger partial charge in [-0.05, 0) is 36.2 Å². The highest BCUT2D eigenvalue weighted by atomic mass is 35.5. The molecule has 4 heteroatoms. The van der Waals surface area contributed by atoms with Gasteiger partial charge in [0.2, 0.25) is 0 Å². The predicted molar refractivity (Wildman–Crippen MR) is 46.0 cm³/mol. The van der Waals surface area contributed by atoms with E-state index in [-0.39, 0.29) is 0 Å². The molecule has 0 saturated heterocycles. The van der Waals surface area contributed by atoms with Crippen LogP contribution in [0.15, 0.2) is 5.38 Å². The first-order valence-corrected chi connectivity index (χ1v) is 5.04. The zero-order valence-corrected chi connectivity index (χ0v) is 7.66. The first-order chi connectivity index (χ1) is 5.35. The van der Waals surface area contributed by atoms with Gasteiger partial charge in [0.05, 0.1) is 5.69 Å². The Bertz CT molecular complexity index is 231. The Morgan fingerprint density at radius 3 is 2.91 bits per heavy atom. The summed E-state index contributed by atoms with van der Waals surface area (Å²) in [6.45, 7) is 0. The normalized spacial score (nSPS) is 20.1. The lowest BCUT2D eigenvalue weighted by Gasteiger charge is -2.06. The fraction of sp³-hybridized carbons (Fsp3) is 0.714. The van der Waals surface area contributed by atoms with Crippen molar-refractivity contribution in [3.63, 3.8) is 0 Å². The van der Waals surface area contributed by atoms with Crippen LogP contribution in [0.25, 0.3) is 0 Å². The van der Waals surface area contributed by atoms with Crippen molar-refractivity contribution in [1.82, 2.24) is 9.59 Å². The Morgan fingerprint density at radius 1 is 1.64 bits per heavy atom. The molecule has 0 unspecified atom stereocenters. The van der Waals surface area contributed by atoms with Gasteiger partial charge in [0.1, 0.15) is 0 Å². The van der Waals surface area contributed by atoms with Crippen molar-refractivity contribution in [2.24, 2.45) is 5.41 Å². The zero-order chi connectivity index (χ0) is 7.73. The van der Waals surface area contributed by atoms with Crippen LogP contribution in [-0.2, 0) is 6.42 Å². The molecular formula is C7H9ClN2S. The van der Waals surface area contributed by atoms with Gasteiger partial charge in [-0.15, -0.1) is 16.7 Å². The summed E-state index contributed by atoms with van der Waals surface area (Å²) >= 11 is 7.24. The van der Waals surface area contributed by atoms with Crippen LogP contribution in [-0.4, -0.2) is 15.5 Å². The molecule has 0 spiro atoms. The molecule has 1 aliphatic carbocycles. The molecule has 0 radical (unpaired) electrons. The average molecular weight is 189 g/mol. The Kier molecular flexibility index (Phi) is 1.85. The highest BCUT2D eigenvalue weighted by Crippen LogP contribution is 2.48. The second-order valence-electron chi connectivity index (χ2n) is 3.21. The standard InChI is InChI=1S/C7H9ClN2S/c8-5-7(1-2-7)3-6-4-11-10-9-6/h4H,1-3,5H2. The average Bonchev–Trinajstić information content (AvgIpc) is 2.59. The largest absolute Gasteiger partial charge is 0.143 e. The van der Waals surface area contributed by atoms with E-state index < -0.39 is 0 Å². The molecule has 1 aliphatic rings. The number of rotatable bonds is 3. The maximum absolute atomic E-state index is 5.83. The predicted octanol–water partition coefficient (Wildman–Crippen LogP) is 2.10. The van der Waals surface area contributed by atoms with E-state index in [0.717, 1.165) is 18.0 Å². The third-order valence-corrected chi connectivity index (χ3v) is 3.32. The molecule has 2 rings (SSSR count). The monoisotopic (exact) mass is 188 g/mol. The van der Waals surface area contributed by atoms with Crippen molar-refractivity contribution >= 4 is 23.1 Å². The summed E-state index contributed by atoms with van der Waals surface area (Å²) in [6, 6.07) is 0. The summed E-state index contributed by atoms with van der Waals surface area (Å²) in [5.74, 6) is 0.768. The molecule has 1 aromatic rings. The first kappa shape index (κ1) is 7.50. The van der Waals surface area contributed by atoms with Gasteiger partial charge >= 0.3 is 0 Å². The molecule has 0 N–H and O–H groups in total. The summed E-state index contributed by atoms with van der Waals surface area (Å²) in [6.07, 6.45) is 3.54. The van der Waals surface area contributed by atoms with Crippen molar-refractivity contribution in [2.45, 2.75) is 19.3 Å². The summed E-state index contributed by atoms with van der Waals surface area (Å²) in [7, 11) is 0. The lowest BCUT2D eigenvalue weighted by molar-refractivity contribution is 0.567. The number of nitrogens with zero attached hydrogens (tertiary/aromatic N) is 2. The molecule has 0 aliphatic heterocycles. The molecule has 1 aromatic heterocycles. The Balaban J connectivity index is 2.01. The summed E-state index contributed by atoms with van der Waals surface area (Å²) in [5.41, 5.74) is 1.49. The van der Waals surface area contributed by atoms with Crippen molar-refractivity contribution in [3.05, 3.63) is 11.1 Å². The Hall–Kier alpha value is -0.150. The molecule has 1 heterocycles. The third-order valence-electron chi connectivity index (χ3n) is 2.20. The van der Waals surface area contributed by atoms with Gasteiger partial charge < -0.3 is 0 Å². The van der Waals surface area contributed by atoms with E-state index in [2.05, 4.69) is 9.59 Å². The molecule has 11 heavy (non-hydrogen) atoms. The van der Waals surface area contributed by atoms with Crippen LogP contribution < -0.4 is 0 Å². The number of hydrogen-bond donors (Lipinski definition) is 0. The minimum absolute atomic E-state index is 0.386. The van der Waals surface area contributed by atoms with Crippen molar-refractivity contribution in [2.75, 3.05) is 5.88 Å². The highest BCUT2D eigenvalue weighted by molar-refractivity contribution is 7.03. The van der Waals surface area contributed by atoms with Crippen LogP contribution >= 0.6 is 23.1 Å². The van der Waals surface area contributed by atoms with E-state index >= 15 is 0 Å². The maximum atomic E-state index is 5.83. The number of hydrogen-bond acceptors (Lipinski definition) is 3. The van der Waals surface area contributed by atoms with Gasteiger partial charge in [0.15, 0.2) is 0 Å². The van der Waals surface area contributed by atoms with Crippen molar-refractivity contribution in [1.29, 1.82) is 0 Å². The topological polar surface area (TPSA) is 25.8 Å². The SMILES string of the molecule is ClCC1(Cc2csnn2)CC1. The van der Waals surface area contributed by atoms with E-state index in [1.807, 2.05) is 5.38 Å². The molecule has 0 bridgehead atoms. The molecule has 1 fully saturated rings. The van der Waals surface area contributed by atoms with Gasteiger partial charge in [-0.1, -0.05) is 4.49 Å². The minimum Gasteiger partial charge on any atom is -0.143 e. The molecule has 2 nitrogen and oxygen atoms in total. The summed E-state index contributed by atoms with van der Waals surface area (Å²) < 4.78 is 3.82. The van der Waals surface area contributed by atoms with Crippen LogP contribution in [0.1, 0.15) is 18.5 Å². The molecule has 1 saturated carbocycles. The van der Waals surface area contributed by atoms with Gasteiger partial charge in [0, 0.05) is 11.3 Å². The van der Waals surface area contributed by atoms with E-state index in [9.17, 15) is 0 Å². The fourth-order valence-corrected chi connectivity index (χ4v) is 1.99. The molecule has 0 atom stereocenters. The lowest BCUT2D eigenvalue weighted by Crippen LogP contribution is -2.06. The minimum atomic E-state index is 0.386. The van der Waals surface area contributed by atoms with E-state index in [1.165, 1.54) is 24.4 Å². The maximum Gasteiger partial charge on any atom is 0.0761 e. The molecule has 60 valence electrons. The smallest absolute Gasteiger partial charge is 0.0761 e. The third kappa shape index (κ3) is 1.54. The van der Waals surface area contributed by atoms with Crippen molar-refractivity contribution in [3.8, 4) is 0 Å². The number of aromatic nitrogens is 2. The first-order valence-electron chi connectivity index (χ1n) is 3.67. The van der Waals surface area contributed by atoms with E-state index in [1.54, 1.807) is 0 Å². The second kappa shape index (κ2) is 2.72. The lowest BCUT2D eigenvalue weighted by atomic mass is 10.0. The summed E-state index contributed by atoms with van der Waals surface area (Å²) in [4.78, 5) is 0. The van der Waals surface area contributed by atoms with E-state index in [4.69, 9.17) is 11.6 Å². The van der Waals surface area contributed by atoms with Crippen LogP contribution in [0.3, 0.4) is 0 Å². The van der Waals surface area contributed by atoms with Gasteiger partial charge in [-0.3, -0.25) is 0 Å². The van der Waals surface area contributed by atoms with Crippen molar-refractivity contribution < 1.29 is 0 Å². The Morgan fingerprint density at radius 2 is 2.45 bits per heavy atom. The van der Waals surface area contributed by atoms with Crippen LogP contribution in [0, 0.1) is 5.41 Å². The molecule has 0 amide bonds. The highest BCUT2D eigenvalue weighted by Gasteiger charge is 2.42. The molecular weight excluding hydrogens is 180 g/mol. The summed E-state index contributed by atoms with van der Waals surface area (Å²) in [5, 5.41) is 6.01. The van der Waals surface area contributed by atoms with Gasteiger partial charge in [-0.2, -0.15) is 0 Å². The Labute approximate surface area is 74.7 Å². The van der Waals surface area contributed by atoms with Gasteiger partial charge in [0.25, 0.3) is 0 Å².